The number of nitrogens with one attached hydrogen (secondary N) is 2. The molecule has 6 nitrogen and oxygen atoms in total. The quantitative estimate of drug-likeness (QED) is 0.483. The van der Waals surface area contributed by atoms with E-state index in [0.717, 1.165) is 29.7 Å². The van der Waals surface area contributed by atoms with Crippen LogP contribution in [-0.2, 0) is 6.42 Å². The van der Waals surface area contributed by atoms with Crippen LogP contribution in [0.2, 0.25) is 0 Å². The minimum absolute atomic E-state index is 0.0711. The highest BCUT2D eigenvalue weighted by Gasteiger charge is 2.25. The number of nitrogen functional groups attached to an aromatic ring is 1. The van der Waals surface area contributed by atoms with Gasteiger partial charge in [-0.1, -0.05) is 0 Å². The first-order valence-corrected chi connectivity index (χ1v) is 8.43. The number of halogens is 1. The predicted octanol–water partition coefficient (Wildman–Crippen LogP) is 3.78. The molecule has 27 heavy (non-hydrogen) atoms. The number of nitrogens with zero attached hydrogens (tertiary/aromatic N) is 2. The van der Waals surface area contributed by atoms with Crippen molar-refractivity contribution in [3.8, 4) is 6.07 Å². The van der Waals surface area contributed by atoms with E-state index in [1.54, 1.807) is 18.2 Å². The van der Waals surface area contributed by atoms with E-state index < -0.39 is 5.82 Å². The summed E-state index contributed by atoms with van der Waals surface area (Å²) in [7, 11) is 0. The molecule has 4 rings (SSSR count). The number of anilines is 2. The Hall–Kier alpha value is -3.66. The molecule has 4 N–H and O–H groups in total. The first-order valence-electron chi connectivity index (χ1n) is 8.43. The van der Waals surface area contributed by atoms with Crippen LogP contribution in [0.15, 0.2) is 47.3 Å². The number of rotatable bonds is 4. The number of nitrogens with two attached hydrogens (primary N) is 1. The molecular formula is C20H16FN5O. The van der Waals surface area contributed by atoms with Crippen LogP contribution in [0.1, 0.15) is 40.5 Å². The molecule has 1 unspecified atom stereocenters. The van der Waals surface area contributed by atoms with Crippen LogP contribution in [0.25, 0.3) is 0 Å². The zero-order valence-electron chi connectivity index (χ0n) is 14.3. The second-order valence-electron chi connectivity index (χ2n) is 6.42. The molecule has 1 aliphatic rings. The number of hydrogen-bond acceptors (Lipinski definition) is 6. The summed E-state index contributed by atoms with van der Waals surface area (Å²) in [5, 5.41) is 20.6. The molecule has 0 fully saturated rings. The molecule has 7 heteroatoms. The Bertz CT molecular complexity index is 1070. The molecule has 134 valence electrons. The molecule has 0 aliphatic heterocycles. The van der Waals surface area contributed by atoms with Crippen molar-refractivity contribution in [1.82, 2.24) is 4.98 Å². The summed E-state index contributed by atoms with van der Waals surface area (Å²) in [4.78, 5) is 3.83. The van der Waals surface area contributed by atoms with Gasteiger partial charge in [0.1, 0.15) is 17.6 Å². The van der Waals surface area contributed by atoms with Gasteiger partial charge in [0, 0.05) is 16.9 Å². The number of fused-ring (bicyclic) bond motifs is 1. The van der Waals surface area contributed by atoms with Crippen molar-refractivity contribution in [1.29, 1.82) is 10.7 Å². The van der Waals surface area contributed by atoms with Crippen LogP contribution in [0, 0.1) is 22.6 Å². The van der Waals surface area contributed by atoms with Gasteiger partial charge in [-0.25, -0.2) is 9.37 Å². The van der Waals surface area contributed by atoms with Crippen molar-refractivity contribution in [2.45, 2.75) is 18.9 Å². The Morgan fingerprint density at radius 3 is 2.96 bits per heavy atom. The van der Waals surface area contributed by atoms with Gasteiger partial charge in [0.2, 0.25) is 0 Å². The minimum Gasteiger partial charge on any atom is -0.442 e. The van der Waals surface area contributed by atoms with Crippen molar-refractivity contribution in [3.63, 3.8) is 0 Å². The summed E-state index contributed by atoms with van der Waals surface area (Å²) in [6.45, 7) is 0. The fourth-order valence-electron chi connectivity index (χ4n) is 3.40. The minimum atomic E-state index is -0.505. The van der Waals surface area contributed by atoms with Gasteiger partial charge >= 0.3 is 0 Å². The van der Waals surface area contributed by atoms with E-state index in [-0.39, 0.29) is 17.3 Å². The van der Waals surface area contributed by atoms with E-state index in [4.69, 9.17) is 20.8 Å². The van der Waals surface area contributed by atoms with Gasteiger partial charge in [0.15, 0.2) is 12.2 Å². The highest BCUT2D eigenvalue weighted by Crippen LogP contribution is 2.36. The first-order chi connectivity index (χ1) is 13.1. The second kappa shape index (κ2) is 6.57. The smallest absolute Gasteiger partial charge is 0.181 e. The maximum absolute atomic E-state index is 14.0. The molecule has 0 spiro atoms. The predicted molar refractivity (Wildman–Crippen MR) is 99.1 cm³/mol. The normalized spacial score (nSPS) is 15.2. The van der Waals surface area contributed by atoms with E-state index in [0.29, 0.717) is 17.0 Å². The summed E-state index contributed by atoms with van der Waals surface area (Å²) in [5.74, 6) is -0.175. The number of benzene rings is 2. The zero-order valence-corrected chi connectivity index (χ0v) is 14.3. The molecule has 0 saturated carbocycles. The third-order valence-corrected chi connectivity index (χ3v) is 4.77. The van der Waals surface area contributed by atoms with Gasteiger partial charge in [0.25, 0.3) is 0 Å². The van der Waals surface area contributed by atoms with Crippen molar-refractivity contribution >= 4 is 17.1 Å². The Labute approximate surface area is 155 Å². The number of aromatic nitrogens is 1. The first kappa shape index (κ1) is 16.8. The molecular weight excluding hydrogens is 345 g/mol. The lowest BCUT2D eigenvalue weighted by atomic mass is 10.0. The van der Waals surface area contributed by atoms with Crippen LogP contribution < -0.4 is 11.1 Å². The van der Waals surface area contributed by atoms with Crippen LogP contribution in [-0.4, -0.2) is 10.7 Å². The van der Waals surface area contributed by atoms with Crippen LogP contribution in [0.3, 0.4) is 0 Å². The fraction of sp³-hybridized carbons (Fsp3) is 0.150. The lowest BCUT2D eigenvalue weighted by Crippen LogP contribution is -2.10. The molecule has 3 aromatic rings. The molecule has 1 aliphatic carbocycles. The lowest BCUT2D eigenvalue weighted by Gasteiger charge is -2.17. The SMILES string of the molecule is N#Cc1cc2c(cc1F)C(Nc1ccc(N)c(C(=N)c3cnco3)c1)CC2. The van der Waals surface area contributed by atoms with Crippen LogP contribution >= 0.6 is 0 Å². The highest BCUT2D eigenvalue weighted by molar-refractivity contribution is 6.12. The molecule has 1 atom stereocenters. The van der Waals surface area contributed by atoms with E-state index in [9.17, 15) is 4.39 Å². The number of hydrogen-bond donors (Lipinski definition) is 3. The Morgan fingerprint density at radius 2 is 2.22 bits per heavy atom. The van der Waals surface area contributed by atoms with E-state index in [1.807, 2.05) is 12.1 Å². The maximum atomic E-state index is 14.0. The van der Waals surface area contributed by atoms with Gasteiger partial charge in [-0.15, -0.1) is 0 Å². The van der Waals surface area contributed by atoms with Crippen molar-refractivity contribution < 1.29 is 8.81 Å². The monoisotopic (exact) mass is 361 g/mol. The average Bonchev–Trinajstić information content (AvgIpc) is 3.33. The van der Waals surface area contributed by atoms with E-state index >= 15 is 0 Å². The molecule has 2 aromatic carbocycles. The largest absolute Gasteiger partial charge is 0.442 e. The highest BCUT2D eigenvalue weighted by atomic mass is 19.1. The van der Waals surface area contributed by atoms with Crippen molar-refractivity contribution in [2.75, 3.05) is 11.1 Å². The standard InChI is InChI=1S/C20H16FN5O/c21-16-7-14-11(5-12(16)8-22)1-4-18(14)26-13-2-3-17(23)15(6-13)20(24)19-9-25-10-27-19/h2-3,5-7,9-10,18,24,26H,1,4,23H2. The van der Waals surface area contributed by atoms with Gasteiger partial charge < -0.3 is 15.5 Å². The Morgan fingerprint density at radius 1 is 1.37 bits per heavy atom. The maximum Gasteiger partial charge on any atom is 0.181 e. The summed E-state index contributed by atoms with van der Waals surface area (Å²) in [6, 6.07) is 10.2. The molecule has 0 bridgehead atoms. The van der Waals surface area contributed by atoms with Crippen LogP contribution in [0.4, 0.5) is 15.8 Å². The zero-order chi connectivity index (χ0) is 19.0. The Balaban J connectivity index is 1.62. The molecule has 0 amide bonds. The molecule has 0 radical (unpaired) electrons. The number of nitriles is 1. The molecule has 1 aromatic heterocycles. The third kappa shape index (κ3) is 3.02. The average molecular weight is 361 g/mol. The summed E-state index contributed by atoms with van der Waals surface area (Å²) in [6.07, 6.45) is 4.30. The second-order valence-corrected chi connectivity index (χ2v) is 6.42. The van der Waals surface area contributed by atoms with Gasteiger partial charge in [-0.05, 0) is 54.3 Å². The topological polar surface area (TPSA) is 112 Å². The molecule has 1 heterocycles. The Kier molecular flexibility index (Phi) is 4.09. The van der Waals surface area contributed by atoms with Crippen molar-refractivity contribution in [2.24, 2.45) is 0 Å². The van der Waals surface area contributed by atoms with Crippen LogP contribution in [0.5, 0.6) is 0 Å². The van der Waals surface area contributed by atoms with Gasteiger partial charge in [0.05, 0.1) is 17.8 Å². The molecule has 0 saturated heterocycles. The lowest BCUT2D eigenvalue weighted by molar-refractivity contribution is 0.548. The fourth-order valence-corrected chi connectivity index (χ4v) is 3.40. The van der Waals surface area contributed by atoms with Crippen molar-refractivity contribution in [3.05, 3.63) is 76.8 Å². The van der Waals surface area contributed by atoms with Gasteiger partial charge in [-0.3, -0.25) is 5.41 Å². The van der Waals surface area contributed by atoms with E-state index in [1.165, 1.54) is 18.7 Å². The number of oxazole rings is 1. The summed E-state index contributed by atoms with van der Waals surface area (Å²) < 4.78 is 19.2. The van der Waals surface area contributed by atoms with E-state index in [2.05, 4.69) is 10.3 Å². The summed E-state index contributed by atoms with van der Waals surface area (Å²) >= 11 is 0. The number of aryl methyl sites for hydroxylation is 1. The summed E-state index contributed by atoms with van der Waals surface area (Å²) in [5.41, 5.74) is 9.83. The van der Waals surface area contributed by atoms with Gasteiger partial charge in [-0.2, -0.15) is 5.26 Å². The third-order valence-electron chi connectivity index (χ3n) is 4.77.